The molecule has 1 N–H and O–H groups in total. The first-order chi connectivity index (χ1) is 16.7. The Balaban J connectivity index is 1.92. The monoisotopic (exact) mass is 515 g/mol. The van der Waals surface area contributed by atoms with Gasteiger partial charge in [-0.25, -0.2) is 4.39 Å². The van der Waals surface area contributed by atoms with Gasteiger partial charge in [0.2, 0.25) is 0 Å². The van der Waals surface area contributed by atoms with Gasteiger partial charge >= 0.3 is 12.4 Å². The number of nitrogens with zero attached hydrogens (tertiary/aromatic N) is 1. The van der Waals surface area contributed by atoms with E-state index in [1.165, 1.54) is 18.2 Å². The highest BCUT2D eigenvalue weighted by molar-refractivity contribution is 5.52. The first-order valence-electron chi connectivity index (χ1n) is 11.0. The van der Waals surface area contributed by atoms with E-state index in [2.05, 4.69) is 0 Å². The molecule has 10 heteroatoms. The fraction of sp³-hybridized carbons (Fsp3) is 0.308. The van der Waals surface area contributed by atoms with Crippen LogP contribution in [0.15, 0.2) is 66.7 Å². The van der Waals surface area contributed by atoms with Crippen molar-refractivity contribution in [2.24, 2.45) is 0 Å². The van der Waals surface area contributed by atoms with Crippen molar-refractivity contribution in [3.63, 3.8) is 0 Å². The van der Waals surface area contributed by atoms with E-state index in [4.69, 9.17) is 4.74 Å². The topological polar surface area (TPSA) is 32.7 Å². The summed E-state index contributed by atoms with van der Waals surface area (Å²) in [5.74, 6) is -0.228. The Kier molecular flexibility index (Phi) is 8.18. The van der Waals surface area contributed by atoms with Gasteiger partial charge in [-0.3, -0.25) is 0 Å². The molecule has 0 saturated carbocycles. The number of alkyl halides is 6. The standard InChI is InChI=1S/C26H24F7NO2/c1-16(2)17-5-3-7-21(11-17)36-22-8-4-6-20(13-22)34(15-24(35)26(31,32)33)14-18-9-10-19(12-23(18)27)25(28,29)30/h3-13,16,24,35H,14-15H2,1-2H3. The molecule has 0 fully saturated rings. The Labute approximate surface area is 203 Å². The molecule has 0 saturated heterocycles. The van der Waals surface area contributed by atoms with E-state index < -0.39 is 42.9 Å². The van der Waals surface area contributed by atoms with Crippen LogP contribution in [0.5, 0.6) is 11.5 Å². The van der Waals surface area contributed by atoms with Crippen molar-refractivity contribution in [2.75, 3.05) is 11.4 Å². The van der Waals surface area contributed by atoms with Gasteiger partial charge in [0, 0.05) is 23.9 Å². The van der Waals surface area contributed by atoms with Gasteiger partial charge in [-0.2, -0.15) is 26.3 Å². The molecule has 0 spiro atoms. The van der Waals surface area contributed by atoms with Crippen molar-refractivity contribution in [1.29, 1.82) is 0 Å². The molecule has 0 bridgehead atoms. The molecule has 3 rings (SSSR count). The molecule has 3 aromatic carbocycles. The van der Waals surface area contributed by atoms with E-state index in [0.29, 0.717) is 11.8 Å². The first kappa shape index (κ1) is 27.3. The molecule has 1 unspecified atom stereocenters. The SMILES string of the molecule is CC(C)c1cccc(Oc2cccc(N(Cc3ccc(C(F)(F)F)cc3F)CC(O)C(F)(F)F)c2)c1. The predicted octanol–water partition coefficient (Wildman–Crippen LogP) is 7.69. The normalized spacial score (nSPS) is 13.1. The molecule has 0 aromatic heterocycles. The lowest BCUT2D eigenvalue weighted by atomic mass is 10.0. The summed E-state index contributed by atoms with van der Waals surface area (Å²) in [5.41, 5.74) is -0.329. The zero-order valence-corrected chi connectivity index (χ0v) is 19.4. The molecule has 0 aliphatic heterocycles. The number of aliphatic hydroxyl groups is 1. The van der Waals surface area contributed by atoms with Crippen LogP contribution in [-0.2, 0) is 12.7 Å². The van der Waals surface area contributed by atoms with E-state index in [-0.39, 0.29) is 29.0 Å². The van der Waals surface area contributed by atoms with Gasteiger partial charge in [0.15, 0.2) is 6.10 Å². The van der Waals surface area contributed by atoms with Crippen molar-refractivity contribution in [3.05, 3.63) is 89.2 Å². The summed E-state index contributed by atoms with van der Waals surface area (Å²) in [6, 6.07) is 15.0. The maximum Gasteiger partial charge on any atom is 0.416 e. The number of hydrogen-bond donors (Lipinski definition) is 1. The average molecular weight is 515 g/mol. The van der Waals surface area contributed by atoms with Crippen LogP contribution in [0.3, 0.4) is 0 Å². The summed E-state index contributed by atoms with van der Waals surface area (Å²) in [6.07, 6.45) is -12.5. The molecule has 1 atom stereocenters. The minimum Gasteiger partial charge on any atom is -0.457 e. The lowest BCUT2D eigenvalue weighted by Gasteiger charge is -2.29. The summed E-state index contributed by atoms with van der Waals surface area (Å²) in [7, 11) is 0. The van der Waals surface area contributed by atoms with Gasteiger partial charge in [-0.15, -0.1) is 0 Å². The Morgan fingerprint density at radius 1 is 0.861 bits per heavy atom. The average Bonchev–Trinajstić information content (AvgIpc) is 2.78. The minimum absolute atomic E-state index is 0.148. The number of rotatable bonds is 8. The third-order valence-electron chi connectivity index (χ3n) is 5.46. The van der Waals surface area contributed by atoms with Gasteiger partial charge in [0.05, 0.1) is 12.1 Å². The molecule has 194 valence electrons. The first-order valence-corrected chi connectivity index (χ1v) is 11.0. The van der Waals surface area contributed by atoms with Crippen LogP contribution in [0.2, 0.25) is 0 Å². The highest BCUT2D eigenvalue weighted by Gasteiger charge is 2.39. The van der Waals surface area contributed by atoms with E-state index in [1.54, 1.807) is 18.2 Å². The van der Waals surface area contributed by atoms with Gasteiger partial charge in [0.25, 0.3) is 0 Å². The molecule has 0 aliphatic carbocycles. The molecule has 0 amide bonds. The number of aliphatic hydroxyl groups excluding tert-OH is 1. The van der Waals surface area contributed by atoms with E-state index >= 15 is 0 Å². The number of benzene rings is 3. The van der Waals surface area contributed by atoms with Crippen molar-refractivity contribution < 1.29 is 40.6 Å². The minimum atomic E-state index is -4.96. The molecule has 0 radical (unpaired) electrons. The number of hydrogen-bond acceptors (Lipinski definition) is 3. The number of anilines is 1. The zero-order valence-electron chi connectivity index (χ0n) is 19.4. The van der Waals surface area contributed by atoms with E-state index in [1.807, 2.05) is 26.0 Å². The smallest absolute Gasteiger partial charge is 0.416 e. The van der Waals surface area contributed by atoms with Crippen LogP contribution in [0.1, 0.15) is 36.5 Å². The number of ether oxygens (including phenoxy) is 1. The Hall–Kier alpha value is -3.27. The van der Waals surface area contributed by atoms with Crippen LogP contribution < -0.4 is 9.64 Å². The molecule has 0 heterocycles. The summed E-state index contributed by atoms with van der Waals surface area (Å²) in [5, 5.41) is 9.66. The molecular formula is C26H24F7NO2. The fourth-order valence-electron chi connectivity index (χ4n) is 3.45. The van der Waals surface area contributed by atoms with Crippen molar-refractivity contribution in [1.82, 2.24) is 0 Å². The quantitative estimate of drug-likeness (QED) is 0.312. The second-order valence-electron chi connectivity index (χ2n) is 8.57. The van der Waals surface area contributed by atoms with Crippen molar-refractivity contribution >= 4 is 5.69 Å². The van der Waals surface area contributed by atoms with Crippen LogP contribution in [0.25, 0.3) is 0 Å². The fourth-order valence-corrected chi connectivity index (χ4v) is 3.45. The van der Waals surface area contributed by atoms with E-state index in [0.717, 1.165) is 16.5 Å². The maximum absolute atomic E-state index is 14.5. The largest absolute Gasteiger partial charge is 0.457 e. The second-order valence-corrected chi connectivity index (χ2v) is 8.57. The molecule has 3 aromatic rings. The van der Waals surface area contributed by atoms with Gasteiger partial charge in [-0.1, -0.05) is 38.1 Å². The van der Waals surface area contributed by atoms with Crippen LogP contribution >= 0.6 is 0 Å². The summed E-state index contributed by atoms with van der Waals surface area (Å²) in [4.78, 5) is 1.03. The third kappa shape index (κ3) is 7.13. The van der Waals surface area contributed by atoms with Crippen molar-refractivity contribution in [2.45, 2.75) is 44.8 Å². The lowest BCUT2D eigenvalue weighted by Crippen LogP contribution is -2.41. The van der Waals surface area contributed by atoms with Crippen LogP contribution in [0.4, 0.5) is 36.4 Å². The molecule has 3 nitrogen and oxygen atoms in total. The van der Waals surface area contributed by atoms with Crippen molar-refractivity contribution in [3.8, 4) is 11.5 Å². The molecule has 36 heavy (non-hydrogen) atoms. The van der Waals surface area contributed by atoms with E-state index in [9.17, 15) is 35.8 Å². The summed E-state index contributed by atoms with van der Waals surface area (Å²) < 4.78 is 98.2. The maximum atomic E-state index is 14.5. The van der Waals surface area contributed by atoms with Gasteiger partial charge in [0.1, 0.15) is 17.3 Å². The third-order valence-corrected chi connectivity index (χ3v) is 5.46. The number of halogens is 7. The lowest BCUT2D eigenvalue weighted by molar-refractivity contribution is -0.200. The van der Waals surface area contributed by atoms with Crippen LogP contribution in [-0.4, -0.2) is 23.9 Å². The Morgan fingerprint density at radius 2 is 1.50 bits per heavy atom. The predicted molar refractivity (Wildman–Crippen MR) is 122 cm³/mol. The van der Waals surface area contributed by atoms with Crippen LogP contribution in [0, 0.1) is 5.82 Å². The molecule has 0 aliphatic rings. The molecular weight excluding hydrogens is 491 g/mol. The summed E-state index contributed by atoms with van der Waals surface area (Å²) >= 11 is 0. The second kappa shape index (κ2) is 10.8. The Bertz CT molecular complexity index is 1180. The van der Waals surface area contributed by atoms with Gasteiger partial charge in [-0.05, 0) is 47.9 Å². The summed E-state index contributed by atoms with van der Waals surface area (Å²) in [6.45, 7) is 2.51. The highest BCUT2D eigenvalue weighted by Crippen LogP contribution is 2.33. The highest BCUT2D eigenvalue weighted by atomic mass is 19.4. The zero-order chi connectivity index (χ0) is 26.7. The van der Waals surface area contributed by atoms with Gasteiger partial charge < -0.3 is 14.7 Å². The Morgan fingerprint density at radius 3 is 2.08 bits per heavy atom.